The standard InChI is InChI=1S/C30H38FN3O3/c31-28-19-23(7-10-29(28)33-15-12-24(20-33)32-13-3-1-2-4-14-32)34-16-11-22-18-25(8-9-27(22)30(34)35)37-21-26-6-5-17-36-26/h7-10,18-19,24,26H,1-6,11-17,20-21H2/t24?,26-/m0/s1. The van der Waals surface area contributed by atoms with E-state index in [2.05, 4.69) is 9.80 Å². The molecule has 1 unspecified atom stereocenters. The molecule has 3 fully saturated rings. The van der Waals surface area contributed by atoms with Crippen molar-refractivity contribution in [1.82, 2.24) is 4.90 Å². The molecule has 0 aromatic heterocycles. The van der Waals surface area contributed by atoms with E-state index in [9.17, 15) is 4.79 Å². The smallest absolute Gasteiger partial charge is 0.258 e. The van der Waals surface area contributed by atoms with E-state index in [1.54, 1.807) is 4.90 Å². The third kappa shape index (κ3) is 5.34. The van der Waals surface area contributed by atoms with Gasteiger partial charge in [-0.3, -0.25) is 9.69 Å². The molecule has 0 bridgehead atoms. The SMILES string of the molecule is O=C1c2ccc(OC[C@@H]3CCCO3)cc2CCN1c1ccc(N2CCC(N3CCCCCC3)C2)c(F)c1. The van der Waals surface area contributed by atoms with Crippen LogP contribution in [0.3, 0.4) is 0 Å². The van der Waals surface area contributed by atoms with Crippen LogP contribution in [0.4, 0.5) is 15.8 Å². The maximum atomic E-state index is 15.4. The van der Waals surface area contributed by atoms with Crippen LogP contribution in [0.2, 0.25) is 0 Å². The van der Waals surface area contributed by atoms with Crippen LogP contribution in [0.15, 0.2) is 36.4 Å². The average molecular weight is 508 g/mol. The lowest BCUT2D eigenvalue weighted by atomic mass is 9.98. The zero-order valence-corrected chi connectivity index (χ0v) is 21.7. The largest absolute Gasteiger partial charge is 0.491 e. The number of rotatable bonds is 6. The fraction of sp³-hybridized carbons (Fsp3) is 0.567. The number of carbonyl (C=O) groups is 1. The summed E-state index contributed by atoms with van der Waals surface area (Å²) in [6.45, 7) is 5.97. The number of likely N-dealkylation sites (tertiary alicyclic amines) is 1. The molecule has 0 aliphatic carbocycles. The summed E-state index contributed by atoms with van der Waals surface area (Å²) in [5.41, 5.74) is 2.93. The zero-order chi connectivity index (χ0) is 25.2. The Morgan fingerprint density at radius 3 is 2.59 bits per heavy atom. The number of anilines is 2. The van der Waals surface area contributed by atoms with Crippen molar-refractivity contribution < 1.29 is 18.7 Å². The molecule has 0 radical (unpaired) electrons. The lowest BCUT2D eigenvalue weighted by Crippen LogP contribution is -2.38. The van der Waals surface area contributed by atoms with Crippen LogP contribution in [0.1, 0.15) is 60.9 Å². The Hall–Kier alpha value is -2.64. The number of benzene rings is 2. The second-order valence-corrected chi connectivity index (χ2v) is 10.9. The number of hydrogen-bond donors (Lipinski definition) is 0. The number of halogens is 1. The van der Waals surface area contributed by atoms with Gasteiger partial charge in [0, 0.05) is 43.5 Å². The van der Waals surface area contributed by atoms with Gasteiger partial charge in [-0.25, -0.2) is 4.39 Å². The first-order valence-corrected chi connectivity index (χ1v) is 14.1. The van der Waals surface area contributed by atoms with Gasteiger partial charge in [-0.1, -0.05) is 12.8 Å². The van der Waals surface area contributed by atoms with Gasteiger partial charge in [-0.2, -0.15) is 0 Å². The Morgan fingerprint density at radius 1 is 0.946 bits per heavy atom. The van der Waals surface area contributed by atoms with E-state index in [4.69, 9.17) is 9.47 Å². The molecular weight excluding hydrogens is 469 g/mol. The van der Waals surface area contributed by atoms with E-state index in [-0.39, 0.29) is 17.8 Å². The first kappa shape index (κ1) is 24.7. The second kappa shape index (κ2) is 11.0. The average Bonchev–Trinajstić information content (AvgIpc) is 3.55. The van der Waals surface area contributed by atoms with Gasteiger partial charge in [0.1, 0.15) is 18.2 Å². The van der Waals surface area contributed by atoms with Gasteiger partial charge in [0.05, 0.1) is 11.8 Å². The Bertz CT molecular complexity index is 1110. The van der Waals surface area contributed by atoms with Gasteiger partial charge in [-0.15, -0.1) is 0 Å². The minimum Gasteiger partial charge on any atom is -0.491 e. The summed E-state index contributed by atoms with van der Waals surface area (Å²) >= 11 is 0. The summed E-state index contributed by atoms with van der Waals surface area (Å²) in [5, 5.41) is 0. The molecule has 2 aromatic rings. The van der Waals surface area contributed by atoms with E-state index in [1.165, 1.54) is 44.8 Å². The monoisotopic (exact) mass is 507 g/mol. The molecule has 2 aromatic carbocycles. The number of fused-ring (bicyclic) bond motifs is 1. The molecular formula is C30H38FN3O3. The number of carbonyl (C=O) groups excluding carboxylic acids is 1. The van der Waals surface area contributed by atoms with Gasteiger partial charge in [0.25, 0.3) is 5.91 Å². The molecule has 7 heteroatoms. The molecule has 3 saturated heterocycles. The molecule has 0 N–H and O–H groups in total. The summed E-state index contributed by atoms with van der Waals surface area (Å²) in [6.07, 6.45) is 9.28. The van der Waals surface area contributed by atoms with Gasteiger partial charge in [0.15, 0.2) is 0 Å². The Labute approximate surface area is 219 Å². The lowest BCUT2D eigenvalue weighted by Gasteiger charge is -2.30. The summed E-state index contributed by atoms with van der Waals surface area (Å²) < 4.78 is 26.9. The zero-order valence-electron chi connectivity index (χ0n) is 21.7. The van der Waals surface area contributed by atoms with Gasteiger partial charge >= 0.3 is 0 Å². The topological polar surface area (TPSA) is 45.3 Å². The first-order valence-electron chi connectivity index (χ1n) is 14.1. The van der Waals surface area contributed by atoms with Gasteiger partial charge in [-0.05, 0) is 93.6 Å². The normalized spacial score (nSPS) is 24.8. The number of amides is 1. The Morgan fingerprint density at radius 2 is 1.81 bits per heavy atom. The van der Waals surface area contributed by atoms with Crippen LogP contribution in [-0.2, 0) is 11.2 Å². The van der Waals surface area contributed by atoms with Crippen LogP contribution < -0.4 is 14.5 Å². The molecule has 6 nitrogen and oxygen atoms in total. The minimum atomic E-state index is -0.245. The molecule has 1 amide bonds. The van der Waals surface area contributed by atoms with E-state index in [0.29, 0.717) is 42.6 Å². The van der Waals surface area contributed by atoms with Crippen LogP contribution in [0.5, 0.6) is 5.75 Å². The fourth-order valence-electron chi connectivity index (χ4n) is 6.40. The molecule has 6 rings (SSSR count). The van der Waals surface area contributed by atoms with Crippen molar-refractivity contribution in [2.24, 2.45) is 0 Å². The van der Waals surface area contributed by atoms with E-state index >= 15 is 4.39 Å². The predicted octanol–water partition coefficient (Wildman–Crippen LogP) is 5.04. The van der Waals surface area contributed by atoms with E-state index < -0.39 is 0 Å². The first-order chi connectivity index (χ1) is 18.2. The lowest BCUT2D eigenvalue weighted by molar-refractivity contribution is 0.0679. The van der Waals surface area contributed by atoms with E-state index in [0.717, 1.165) is 50.3 Å². The third-order valence-electron chi connectivity index (χ3n) is 8.52. The van der Waals surface area contributed by atoms with Crippen molar-refractivity contribution in [3.8, 4) is 5.75 Å². The van der Waals surface area contributed by atoms with Crippen molar-refractivity contribution >= 4 is 17.3 Å². The Kier molecular flexibility index (Phi) is 7.34. The van der Waals surface area contributed by atoms with Crippen LogP contribution in [0, 0.1) is 5.82 Å². The summed E-state index contributed by atoms with van der Waals surface area (Å²) in [5.74, 6) is 0.446. The van der Waals surface area contributed by atoms with Crippen molar-refractivity contribution in [1.29, 1.82) is 0 Å². The summed E-state index contributed by atoms with van der Waals surface area (Å²) in [7, 11) is 0. The van der Waals surface area contributed by atoms with Crippen LogP contribution in [0.25, 0.3) is 0 Å². The van der Waals surface area contributed by atoms with Crippen molar-refractivity contribution in [3.63, 3.8) is 0 Å². The van der Waals surface area contributed by atoms with E-state index in [1.807, 2.05) is 30.3 Å². The van der Waals surface area contributed by atoms with Crippen molar-refractivity contribution in [3.05, 3.63) is 53.3 Å². The molecule has 0 spiro atoms. The Balaban J connectivity index is 1.11. The molecule has 2 atom stereocenters. The highest BCUT2D eigenvalue weighted by Gasteiger charge is 2.31. The van der Waals surface area contributed by atoms with Crippen molar-refractivity contribution in [2.75, 3.05) is 55.7 Å². The number of ether oxygens (including phenoxy) is 2. The van der Waals surface area contributed by atoms with Crippen molar-refractivity contribution in [2.45, 2.75) is 63.5 Å². The molecule has 4 aliphatic heterocycles. The highest BCUT2D eigenvalue weighted by atomic mass is 19.1. The van der Waals surface area contributed by atoms with Crippen LogP contribution in [-0.4, -0.2) is 68.9 Å². The summed E-state index contributed by atoms with van der Waals surface area (Å²) in [6, 6.07) is 11.5. The highest BCUT2D eigenvalue weighted by Crippen LogP contribution is 2.32. The number of hydrogen-bond acceptors (Lipinski definition) is 5. The molecule has 0 saturated carbocycles. The van der Waals surface area contributed by atoms with Crippen LogP contribution >= 0.6 is 0 Å². The predicted molar refractivity (Wildman–Crippen MR) is 143 cm³/mol. The third-order valence-corrected chi connectivity index (χ3v) is 8.52. The van der Waals surface area contributed by atoms with Gasteiger partial charge < -0.3 is 19.3 Å². The molecule has 4 aliphatic rings. The van der Waals surface area contributed by atoms with Gasteiger partial charge in [0.2, 0.25) is 0 Å². The second-order valence-electron chi connectivity index (χ2n) is 10.9. The number of nitrogens with zero attached hydrogens (tertiary/aromatic N) is 3. The molecule has 4 heterocycles. The fourth-order valence-corrected chi connectivity index (χ4v) is 6.40. The summed E-state index contributed by atoms with van der Waals surface area (Å²) in [4.78, 5) is 19.8. The highest BCUT2D eigenvalue weighted by molar-refractivity contribution is 6.08. The minimum absolute atomic E-state index is 0.0820. The molecule has 198 valence electrons. The maximum absolute atomic E-state index is 15.4. The maximum Gasteiger partial charge on any atom is 0.258 e. The quantitative estimate of drug-likeness (QED) is 0.548. The molecule has 37 heavy (non-hydrogen) atoms.